The first-order valence-electron chi connectivity index (χ1n) is 4.87. The Balaban J connectivity index is 2.82. The quantitative estimate of drug-likeness (QED) is 0.359. The van der Waals surface area contributed by atoms with Gasteiger partial charge in [0.05, 0.1) is 5.56 Å². The number of rotatable bonds is 3. The first-order valence-corrected chi connectivity index (χ1v) is 5.94. The van der Waals surface area contributed by atoms with Gasteiger partial charge in [-0.2, -0.15) is 0 Å². The van der Waals surface area contributed by atoms with Crippen LogP contribution in [0, 0.1) is 15.2 Å². The molecule has 1 aromatic carbocycles. The molecule has 0 aliphatic heterocycles. The number of allylic oxidation sites excluding steroid dienone is 1. The van der Waals surface area contributed by atoms with Gasteiger partial charge in [-0.3, -0.25) is 0 Å². The molecule has 17 heavy (non-hydrogen) atoms. The molecule has 0 radical (unpaired) electrons. The second-order valence-electron chi connectivity index (χ2n) is 3.63. The van der Waals surface area contributed by atoms with Gasteiger partial charge in [-0.15, -0.1) is 0 Å². The fraction of sp³-hybridized carbons (Fsp3) is 0.250. The molecule has 0 bridgehead atoms. The molecule has 1 aromatic rings. The van der Waals surface area contributed by atoms with Gasteiger partial charge in [0.1, 0.15) is 6.61 Å². The minimum atomic E-state index is -1.06. The van der Waals surface area contributed by atoms with Gasteiger partial charge in [-0.25, -0.2) is 13.6 Å². The van der Waals surface area contributed by atoms with Gasteiger partial charge in [-0.05, 0) is 54.6 Å². The van der Waals surface area contributed by atoms with E-state index in [4.69, 9.17) is 4.74 Å². The number of esters is 1. The van der Waals surface area contributed by atoms with E-state index in [9.17, 15) is 13.6 Å². The van der Waals surface area contributed by atoms with Crippen molar-refractivity contribution in [3.05, 3.63) is 44.5 Å². The fourth-order valence-corrected chi connectivity index (χ4v) is 1.69. The van der Waals surface area contributed by atoms with Crippen LogP contribution in [0.5, 0.6) is 0 Å². The van der Waals surface area contributed by atoms with Crippen LogP contribution in [-0.2, 0) is 4.74 Å². The van der Waals surface area contributed by atoms with Crippen molar-refractivity contribution in [2.45, 2.75) is 13.8 Å². The maximum atomic E-state index is 13.0. The predicted octanol–water partition coefficient (Wildman–Crippen LogP) is 3.69. The largest absolute Gasteiger partial charge is 0.458 e. The van der Waals surface area contributed by atoms with Crippen LogP contribution in [0.25, 0.3) is 0 Å². The van der Waals surface area contributed by atoms with Crippen molar-refractivity contribution in [1.82, 2.24) is 0 Å². The molecule has 0 amide bonds. The Labute approximate surface area is 112 Å². The molecule has 0 spiro atoms. The lowest BCUT2D eigenvalue weighted by molar-refractivity contribution is 0.0547. The van der Waals surface area contributed by atoms with Gasteiger partial charge >= 0.3 is 5.97 Å². The molecule has 0 saturated carbocycles. The number of carbonyl (C=O) groups is 1. The summed E-state index contributed by atoms with van der Waals surface area (Å²) in [6, 6.07) is 1.81. The van der Waals surface area contributed by atoms with E-state index in [2.05, 4.69) is 0 Å². The third-order valence-corrected chi connectivity index (χ3v) is 2.83. The van der Waals surface area contributed by atoms with Crippen molar-refractivity contribution in [3.63, 3.8) is 0 Å². The second kappa shape index (κ2) is 6.09. The lowest BCUT2D eigenvalue weighted by atomic mass is 10.2. The molecule has 0 N–H and O–H groups in total. The van der Waals surface area contributed by atoms with Gasteiger partial charge in [0.2, 0.25) is 0 Å². The topological polar surface area (TPSA) is 26.3 Å². The van der Waals surface area contributed by atoms with Crippen molar-refractivity contribution in [1.29, 1.82) is 0 Å². The zero-order valence-electron chi connectivity index (χ0n) is 9.39. The maximum Gasteiger partial charge on any atom is 0.339 e. The van der Waals surface area contributed by atoms with Crippen LogP contribution in [0.1, 0.15) is 24.2 Å². The molecule has 0 aromatic heterocycles. The highest BCUT2D eigenvalue weighted by molar-refractivity contribution is 14.1. The van der Waals surface area contributed by atoms with E-state index < -0.39 is 17.6 Å². The Morgan fingerprint density at radius 3 is 2.53 bits per heavy atom. The van der Waals surface area contributed by atoms with Crippen molar-refractivity contribution in [2.75, 3.05) is 6.61 Å². The average Bonchev–Trinajstić information content (AvgIpc) is 2.22. The van der Waals surface area contributed by atoms with Crippen LogP contribution in [-0.4, -0.2) is 12.6 Å². The molecule has 1 rings (SSSR count). The van der Waals surface area contributed by atoms with Gasteiger partial charge in [0, 0.05) is 3.57 Å². The molecule has 0 unspecified atom stereocenters. The van der Waals surface area contributed by atoms with E-state index in [1.165, 1.54) is 0 Å². The molecule has 0 fully saturated rings. The van der Waals surface area contributed by atoms with Gasteiger partial charge < -0.3 is 4.74 Å². The predicted molar refractivity (Wildman–Crippen MR) is 68.8 cm³/mol. The monoisotopic (exact) mass is 352 g/mol. The Morgan fingerprint density at radius 1 is 1.35 bits per heavy atom. The summed E-state index contributed by atoms with van der Waals surface area (Å²) in [6.07, 6.45) is 1.73. The smallest absolute Gasteiger partial charge is 0.339 e. The summed E-state index contributed by atoms with van der Waals surface area (Å²) in [4.78, 5) is 11.6. The van der Waals surface area contributed by atoms with E-state index in [1.54, 1.807) is 28.7 Å². The van der Waals surface area contributed by atoms with Crippen LogP contribution in [0.15, 0.2) is 23.8 Å². The van der Waals surface area contributed by atoms with Crippen LogP contribution in [0.3, 0.4) is 0 Å². The number of benzene rings is 1. The first-order chi connectivity index (χ1) is 7.91. The molecule has 5 heteroatoms. The summed E-state index contributed by atoms with van der Waals surface area (Å²) in [7, 11) is 0. The van der Waals surface area contributed by atoms with Crippen LogP contribution >= 0.6 is 22.6 Å². The lowest BCUT2D eigenvalue weighted by Crippen LogP contribution is -2.08. The molecular formula is C12H11F2IO2. The zero-order valence-corrected chi connectivity index (χ0v) is 11.5. The third kappa shape index (κ3) is 4.07. The number of ether oxygens (including phenoxy) is 1. The number of halogens is 3. The Kier molecular flexibility index (Phi) is 5.04. The average molecular weight is 352 g/mol. The highest BCUT2D eigenvalue weighted by atomic mass is 127. The number of hydrogen-bond acceptors (Lipinski definition) is 2. The van der Waals surface area contributed by atoms with E-state index in [0.29, 0.717) is 3.57 Å². The van der Waals surface area contributed by atoms with Gasteiger partial charge in [0.15, 0.2) is 11.6 Å². The highest BCUT2D eigenvalue weighted by Crippen LogP contribution is 2.18. The Morgan fingerprint density at radius 2 is 1.94 bits per heavy atom. The summed E-state index contributed by atoms with van der Waals surface area (Å²) in [6.45, 7) is 3.86. The van der Waals surface area contributed by atoms with Gasteiger partial charge in [-0.1, -0.05) is 5.57 Å². The molecule has 0 heterocycles. The normalized spacial score (nSPS) is 9.94. The van der Waals surface area contributed by atoms with Gasteiger partial charge in [0.25, 0.3) is 0 Å². The first kappa shape index (κ1) is 14.1. The summed E-state index contributed by atoms with van der Waals surface area (Å²) in [5.74, 6) is -2.69. The molecule has 0 saturated heterocycles. The second-order valence-corrected chi connectivity index (χ2v) is 4.79. The molecule has 0 aliphatic rings. The van der Waals surface area contributed by atoms with Crippen molar-refractivity contribution in [2.24, 2.45) is 0 Å². The number of carbonyl (C=O) groups excluding carboxylic acids is 1. The molecule has 0 aliphatic carbocycles. The minimum absolute atomic E-state index is 0.0339. The zero-order chi connectivity index (χ0) is 13.0. The van der Waals surface area contributed by atoms with Crippen LogP contribution in [0.2, 0.25) is 0 Å². The van der Waals surface area contributed by atoms with E-state index in [-0.39, 0.29) is 12.2 Å². The molecule has 92 valence electrons. The summed E-state index contributed by atoms with van der Waals surface area (Å²) < 4.78 is 31.0. The van der Waals surface area contributed by atoms with Crippen LogP contribution < -0.4 is 0 Å². The molecule has 2 nitrogen and oxygen atoms in total. The Bertz CT molecular complexity index is 466. The maximum absolute atomic E-state index is 13.0. The van der Waals surface area contributed by atoms with E-state index in [1.807, 2.05) is 13.8 Å². The minimum Gasteiger partial charge on any atom is -0.458 e. The molecular weight excluding hydrogens is 341 g/mol. The number of hydrogen-bond donors (Lipinski definition) is 0. The van der Waals surface area contributed by atoms with E-state index >= 15 is 0 Å². The summed E-state index contributed by atoms with van der Waals surface area (Å²) in [5.41, 5.74) is 1.05. The summed E-state index contributed by atoms with van der Waals surface area (Å²) in [5, 5.41) is 0. The SMILES string of the molecule is CC(C)=CCOC(=O)c1cc(F)c(F)cc1I. The fourth-order valence-electron chi connectivity index (χ4n) is 1.04. The standard InChI is InChI=1S/C12H11F2IO2/c1-7(2)3-4-17-12(16)8-5-9(13)10(14)6-11(8)15/h3,5-6H,4H2,1-2H3. The van der Waals surface area contributed by atoms with Crippen molar-refractivity contribution in [3.8, 4) is 0 Å². The lowest BCUT2D eigenvalue weighted by Gasteiger charge is -2.05. The molecule has 0 atom stereocenters. The third-order valence-electron chi connectivity index (χ3n) is 1.94. The highest BCUT2D eigenvalue weighted by Gasteiger charge is 2.15. The van der Waals surface area contributed by atoms with Crippen LogP contribution in [0.4, 0.5) is 8.78 Å². The summed E-state index contributed by atoms with van der Waals surface area (Å²) >= 11 is 1.76. The Hall–Kier alpha value is -0.980. The van der Waals surface area contributed by atoms with E-state index in [0.717, 1.165) is 17.7 Å². The van der Waals surface area contributed by atoms with Crippen molar-refractivity contribution >= 4 is 28.6 Å². The van der Waals surface area contributed by atoms with Crippen molar-refractivity contribution < 1.29 is 18.3 Å².